The van der Waals surface area contributed by atoms with Crippen LogP contribution in [0.1, 0.15) is 18.4 Å². The first-order valence-corrected chi connectivity index (χ1v) is 12.9. The van der Waals surface area contributed by atoms with E-state index in [2.05, 4.69) is 5.32 Å². The minimum absolute atomic E-state index is 0.00748. The topological polar surface area (TPSA) is 104 Å². The summed E-state index contributed by atoms with van der Waals surface area (Å²) in [5, 5.41) is 2.84. The predicted octanol–water partition coefficient (Wildman–Crippen LogP) is 1.45. The molecule has 1 fully saturated rings. The quantitative estimate of drug-likeness (QED) is 0.636. The SMILES string of the molecule is CN(C)S(=O)(=O)c1ccc(S(=O)(=O)N2CCC[C@H]2C(=O)NCCc2ccccc2)cc1. The zero-order valence-corrected chi connectivity index (χ0v) is 19.2. The molecule has 1 aliphatic rings. The lowest BCUT2D eigenvalue weighted by Gasteiger charge is -2.23. The van der Waals surface area contributed by atoms with Crippen LogP contribution in [0.5, 0.6) is 0 Å². The number of hydrogen-bond donors (Lipinski definition) is 1. The van der Waals surface area contributed by atoms with E-state index < -0.39 is 26.1 Å². The highest BCUT2D eigenvalue weighted by atomic mass is 32.2. The summed E-state index contributed by atoms with van der Waals surface area (Å²) >= 11 is 0. The largest absolute Gasteiger partial charge is 0.354 e. The fourth-order valence-corrected chi connectivity index (χ4v) is 6.07. The predicted molar refractivity (Wildman–Crippen MR) is 117 cm³/mol. The second-order valence-corrected chi connectivity index (χ2v) is 11.6. The normalized spacial score (nSPS) is 17.7. The van der Waals surface area contributed by atoms with Gasteiger partial charge in [-0.15, -0.1) is 0 Å². The van der Waals surface area contributed by atoms with Crippen molar-refractivity contribution in [2.45, 2.75) is 35.1 Å². The molecule has 0 bridgehead atoms. The summed E-state index contributed by atoms with van der Waals surface area (Å²) in [7, 11) is -4.77. The third-order valence-corrected chi connectivity index (χ3v) is 9.02. The molecular formula is C21H27N3O5S2. The molecule has 8 nitrogen and oxygen atoms in total. The molecule has 0 radical (unpaired) electrons. The van der Waals surface area contributed by atoms with Crippen molar-refractivity contribution in [2.24, 2.45) is 0 Å². The molecule has 0 aromatic heterocycles. The van der Waals surface area contributed by atoms with Crippen LogP contribution < -0.4 is 5.32 Å². The van der Waals surface area contributed by atoms with E-state index in [1.807, 2.05) is 30.3 Å². The van der Waals surface area contributed by atoms with Crippen molar-refractivity contribution in [3.63, 3.8) is 0 Å². The van der Waals surface area contributed by atoms with E-state index in [0.29, 0.717) is 25.8 Å². The molecule has 0 unspecified atom stereocenters. The Morgan fingerprint density at radius 2 is 1.61 bits per heavy atom. The molecule has 3 rings (SSSR count). The van der Waals surface area contributed by atoms with Crippen molar-refractivity contribution in [1.29, 1.82) is 0 Å². The molecular weight excluding hydrogens is 438 g/mol. The molecule has 168 valence electrons. The Labute approximate surface area is 184 Å². The van der Waals surface area contributed by atoms with Crippen molar-refractivity contribution in [1.82, 2.24) is 13.9 Å². The van der Waals surface area contributed by atoms with E-state index in [-0.39, 0.29) is 22.2 Å². The summed E-state index contributed by atoms with van der Waals surface area (Å²) in [6.45, 7) is 0.668. The van der Waals surface area contributed by atoms with Gasteiger partial charge < -0.3 is 5.32 Å². The van der Waals surface area contributed by atoms with Gasteiger partial charge in [0.05, 0.1) is 9.79 Å². The van der Waals surface area contributed by atoms with Gasteiger partial charge in [0, 0.05) is 27.2 Å². The Bertz CT molecular complexity index is 1120. The molecule has 1 N–H and O–H groups in total. The average Bonchev–Trinajstić information content (AvgIpc) is 3.25. The molecule has 1 aliphatic heterocycles. The zero-order valence-electron chi connectivity index (χ0n) is 17.6. The van der Waals surface area contributed by atoms with Crippen LogP contribution in [0.25, 0.3) is 0 Å². The van der Waals surface area contributed by atoms with Gasteiger partial charge in [-0.3, -0.25) is 4.79 Å². The van der Waals surface area contributed by atoms with Crippen LogP contribution >= 0.6 is 0 Å². The van der Waals surface area contributed by atoms with Gasteiger partial charge in [0.25, 0.3) is 0 Å². The third kappa shape index (κ3) is 5.15. The van der Waals surface area contributed by atoms with Crippen LogP contribution in [0.3, 0.4) is 0 Å². The Hall–Kier alpha value is -2.27. The number of hydrogen-bond acceptors (Lipinski definition) is 5. The van der Waals surface area contributed by atoms with Gasteiger partial charge in [-0.1, -0.05) is 30.3 Å². The lowest BCUT2D eigenvalue weighted by molar-refractivity contribution is -0.124. The standard InChI is InChI=1S/C21H27N3O5S2/c1-23(2)30(26,27)18-10-12-19(13-11-18)31(28,29)24-16-6-9-20(24)21(25)22-15-14-17-7-4-3-5-8-17/h3-5,7-8,10-13,20H,6,9,14-16H2,1-2H3,(H,22,25)/t20-/m0/s1. The number of carbonyl (C=O) groups is 1. The van der Waals surface area contributed by atoms with E-state index in [4.69, 9.17) is 0 Å². The number of nitrogens with zero attached hydrogens (tertiary/aromatic N) is 2. The van der Waals surface area contributed by atoms with Crippen LogP contribution in [0.15, 0.2) is 64.4 Å². The summed E-state index contributed by atoms with van der Waals surface area (Å²) in [5.41, 5.74) is 1.09. The van der Waals surface area contributed by atoms with Crippen LogP contribution in [-0.4, -0.2) is 64.6 Å². The number of amides is 1. The first kappa shape index (κ1) is 23.4. The van der Waals surface area contributed by atoms with E-state index in [1.54, 1.807) is 0 Å². The second kappa shape index (κ2) is 9.47. The van der Waals surface area contributed by atoms with Gasteiger partial charge >= 0.3 is 0 Å². The molecule has 0 saturated carbocycles. The molecule has 0 aliphatic carbocycles. The first-order valence-electron chi connectivity index (χ1n) is 10.00. The molecule has 31 heavy (non-hydrogen) atoms. The minimum Gasteiger partial charge on any atom is -0.354 e. The molecule has 1 atom stereocenters. The fourth-order valence-electron chi connectivity index (χ4n) is 3.51. The Kier molecular flexibility index (Phi) is 7.15. The summed E-state index contributed by atoms with van der Waals surface area (Å²) in [6, 6.07) is 14.0. The lowest BCUT2D eigenvalue weighted by atomic mass is 10.1. The maximum absolute atomic E-state index is 13.1. The van der Waals surface area contributed by atoms with Crippen LogP contribution in [0.2, 0.25) is 0 Å². The van der Waals surface area contributed by atoms with Gasteiger partial charge in [-0.05, 0) is 49.1 Å². The van der Waals surface area contributed by atoms with Gasteiger partial charge in [-0.25, -0.2) is 21.1 Å². The van der Waals surface area contributed by atoms with Gasteiger partial charge in [-0.2, -0.15) is 4.31 Å². The average molecular weight is 466 g/mol. The molecule has 1 amide bonds. The number of sulfonamides is 2. The highest BCUT2D eigenvalue weighted by molar-refractivity contribution is 7.89. The lowest BCUT2D eigenvalue weighted by Crippen LogP contribution is -2.46. The third-order valence-electron chi connectivity index (χ3n) is 5.27. The Morgan fingerprint density at radius 1 is 1.00 bits per heavy atom. The second-order valence-electron chi connectivity index (χ2n) is 7.56. The van der Waals surface area contributed by atoms with Crippen LogP contribution in [0, 0.1) is 0 Å². The van der Waals surface area contributed by atoms with E-state index in [0.717, 1.165) is 9.87 Å². The molecule has 2 aromatic rings. The fraction of sp³-hybridized carbons (Fsp3) is 0.381. The van der Waals surface area contributed by atoms with E-state index >= 15 is 0 Å². The summed E-state index contributed by atoms with van der Waals surface area (Å²) in [4.78, 5) is 12.7. The van der Waals surface area contributed by atoms with Crippen LogP contribution in [-0.2, 0) is 31.3 Å². The van der Waals surface area contributed by atoms with Crippen molar-refractivity contribution in [2.75, 3.05) is 27.2 Å². The van der Waals surface area contributed by atoms with Crippen molar-refractivity contribution in [3.05, 3.63) is 60.2 Å². The van der Waals surface area contributed by atoms with E-state index in [1.165, 1.54) is 42.7 Å². The number of benzene rings is 2. The van der Waals surface area contributed by atoms with Gasteiger partial charge in [0.1, 0.15) is 6.04 Å². The van der Waals surface area contributed by atoms with E-state index in [9.17, 15) is 21.6 Å². The Morgan fingerprint density at radius 3 is 2.23 bits per heavy atom. The molecule has 10 heteroatoms. The first-order chi connectivity index (χ1) is 14.6. The number of nitrogens with one attached hydrogen (secondary N) is 1. The summed E-state index contributed by atoms with van der Waals surface area (Å²) in [6.07, 6.45) is 1.69. The van der Waals surface area contributed by atoms with Gasteiger partial charge in [0.15, 0.2) is 0 Å². The summed E-state index contributed by atoms with van der Waals surface area (Å²) < 4.78 is 52.9. The monoisotopic (exact) mass is 465 g/mol. The number of carbonyl (C=O) groups excluding carboxylic acids is 1. The van der Waals surface area contributed by atoms with Crippen LogP contribution in [0.4, 0.5) is 0 Å². The molecule has 1 heterocycles. The van der Waals surface area contributed by atoms with Crippen molar-refractivity contribution < 1.29 is 21.6 Å². The minimum atomic E-state index is -3.93. The molecule has 2 aromatic carbocycles. The van der Waals surface area contributed by atoms with Crippen molar-refractivity contribution in [3.8, 4) is 0 Å². The Balaban J connectivity index is 1.70. The highest BCUT2D eigenvalue weighted by Crippen LogP contribution is 2.27. The smallest absolute Gasteiger partial charge is 0.243 e. The molecule has 1 saturated heterocycles. The maximum atomic E-state index is 13.1. The van der Waals surface area contributed by atoms with Gasteiger partial charge in [0.2, 0.25) is 26.0 Å². The number of rotatable bonds is 8. The maximum Gasteiger partial charge on any atom is 0.243 e. The zero-order chi connectivity index (χ0) is 22.6. The molecule has 0 spiro atoms. The highest BCUT2D eigenvalue weighted by Gasteiger charge is 2.39. The van der Waals surface area contributed by atoms with Crippen molar-refractivity contribution >= 4 is 26.0 Å². The summed E-state index contributed by atoms with van der Waals surface area (Å²) in [5.74, 6) is -0.316.